The lowest BCUT2D eigenvalue weighted by atomic mass is 10.2. The third-order valence-corrected chi connectivity index (χ3v) is 3.60. The zero-order valence-electron chi connectivity index (χ0n) is 15.4. The minimum atomic E-state index is -4.67. The highest BCUT2D eigenvalue weighted by atomic mass is 32.3. The topological polar surface area (TPSA) is 159 Å². The van der Waals surface area contributed by atoms with Crippen LogP contribution in [0.5, 0.6) is 11.5 Å². The number of aromatic carboxylic acids is 1. The average molecular weight is 422 g/mol. The first-order valence-corrected chi connectivity index (χ1v) is 9.34. The van der Waals surface area contributed by atoms with E-state index in [-0.39, 0.29) is 5.56 Å². The summed E-state index contributed by atoms with van der Waals surface area (Å²) in [6, 6.07) is 10.6. The lowest BCUT2D eigenvalue weighted by Gasteiger charge is -2.07. The maximum Gasteiger partial charge on any atom is 0.394 e. The molecule has 0 amide bonds. The van der Waals surface area contributed by atoms with Gasteiger partial charge in [-0.05, 0) is 35.9 Å². The number of fused-ring (bicyclic) bond motifs is 1. The molecule has 2 aromatic carbocycles. The van der Waals surface area contributed by atoms with E-state index in [9.17, 15) is 9.90 Å². The first kappa shape index (κ1) is 21.9. The SMILES string of the molecule is COc1ccc(C=Cc2nc3c(C(=O)O)cccc3[nH]2)cc1OC.O=S(=O)(O)O. The minimum Gasteiger partial charge on any atom is -0.493 e. The molecule has 4 N–H and O–H groups in total. The third-order valence-electron chi connectivity index (χ3n) is 3.60. The molecule has 0 radical (unpaired) electrons. The van der Waals surface area contributed by atoms with E-state index in [0.29, 0.717) is 28.4 Å². The highest BCUT2D eigenvalue weighted by Crippen LogP contribution is 2.28. The number of ether oxygens (including phenoxy) is 2. The van der Waals surface area contributed by atoms with E-state index in [1.807, 2.05) is 24.3 Å². The fraction of sp³-hybridized carbons (Fsp3) is 0.111. The van der Waals surface area contributed by atoms with Crippen molar-refractivity contribution >= 4 is 39.6 Å². The number of aromatic nitrogens is 2. The maximum absolute atomic E-state index is 11.2. The first-order chi connectivity index (χ1) is 13.6. The molecule has 1 heterocycles. The molecular formula is C18H18N2O8S. The number of carbonyl (C=O) groups is 1. The molecule has 0 spiro atoms. The van der Waals surface area contributed by atoms with Crippen LogP contribution in [0, 0.1) is 0 Å². The number of hydrogen-bond donors (Lipinski definition) is 4. The van der Waals surface area contributed by atoms with Gasteiger partial charge in [0.2, 0.25) is 0 Å². The van der Waals surface area contributed by atoms with Crippen molar-refractivity contribution in [2.45, 2.75) is 0 Å². The van der Waals surface area contributed by atoms with Gasteiger partial charge in [-0.15, -0.1) is 0 Å². The van der Waals surface area contributed by atoms with Crippen molar-refractivity contribution in [3.05, 3.63) is 53.3 Å². The molecule has 154 valence electrons. The first-order valence-electron chi connectivity index (χ1n) is 7.94. The number of nitrogens with zero attached hydrogens (tertiary/aromatic N) is 1. The molecular weight excluding hydrogens is 404 g/mol. The zero-order chi connectivity index (χ0) is 21.6. The molecule has 1 aromatic heterocycles. The smallest absolute Gasteiger partial charge is 0.394 e. The number of nitrogens with one attached hydrogen (secondary N) is 1. The highest BCUT2D eigenvalue weighted by molar-refractivity contribution is 7.79. The van der Waals surface area contributed by atoms with Gasteiger partial charge in [-0.1, -0.05) is 18.2 Å². The summed E-state index contributed by atoms with van der Waals surface area (Å²) in [5, 5.41) is 9.21. The van der Waals surface area contributed by atoms with Crippen LogP contribution in [-0.4, -0.2) is 52.8 Å². The van der Waals surface area contributed by atoms with Crippen molar-refractivity contribution in [3.63, 3.8) is 0 Å². The van der Waals surface area contributed by atoms with Crippen molar-refractivity contribution < 1.29 is 36.9 Å². The van der Waals surface area contributed by atoms with Crippen molar-refractivity contribution in [1.29, 1.82) is 0 Å². The molecule has 3 aromatic rings. The second-order valence-corrected chi connectivity index (χ2v) is 6.42. The Morgan fingerprint density at radius 2 is 1.72 bits per heavy atom. The van der Waals surface area contributed by atoms with E-state index in [2.05, 4.69) is 9.97 Å². The highest BCUT2D eigenvalue weighted by Gasteiger charge is 2.11. The molecule has 0 saturated heterocycles. The number of rotatable bonds is 5. The molecule has 0 aliphatic heterocycles. The third kappa shape index (κ3) is 6.31. The van der Waals surface area contributed by atoms with Crippen LogP contribution in [0.4, 0.5) is 0 Å². The number of carboxylic acids is 1. The predicted octanol–water partition coefficient (Wildman–Crippen LogP) is 2.80. The van der Waals surface area contributed by atoms with E-state index in [4.69, 9.17) is 27.0 Å². The minimum absolute atomic E-state index is 0.175. The Labute approximate surface area is 166 Å². The molecule has 0 aliphatic carbocycles. The van der Waals surface area contributed by atoms with Crippen LogP contribution in [0.1, 0.15) is 21.7 Å². The van der Waals surface area contributed by atoms with Crippen molar-refractivity contribution in [1.82, 2.24) is 9.97 Å². The van der Waals surface area contributed by atoms with E-state index < -0.39 is 16.4 Å². The lowest BCUT2D eigenvalue weighted by molar-refractivity contribution is 0.0698. The van der Waals surface area contributed by atoms with Gasteiger partial charge in [0.05, 0.1) is 25.3 Å². The number of H-pyrrole nitrogens is 1. The summed E-state index contributed by atoms with van der Waals surface area (Å²) in [5.74, 6) is 0.873. The molecule has 3 rings (SSSR count). The Morgan fingerprint density at radius 3 is 2.31 bits per heavy atom. The van der Waals surface area contributed by atoms with Gasteiger partial charge in [0.25, 0.3) is 0 Å². The number of para-hydroxylation sites is 1. The van der Waals surface area contributed by atoms with Gasteiger partial charge < -0.3 is 19.6 Å². The summed E-state index contributed by atoms with van der Waals surface area (Å²) in [6.07, 6.45) is 3.65. The summed E-state index contributed by atoms with van der Waals surface area (Å²) in [7, 11) is -1.50. The second kappa shape index (κ2) is 9.19. The molecule has 11 heteroatoms. The van der Waals surface area contributed by atoms with Crippen LogP contribution in [0.15, 0.2) is 36.4 Å². The number of methoxy groups -OCH3 is 2. The van der Waals surface area contributed by atoms with E-state index >= 15 is 0 Å². The monoisotopic (exact) mass is 422 g/mol. The van der Waals surface area contributed by atoms with Crippen LogP contribution < -0.4 is 9.47 Å². The maximum atomic E-state index is 11.2. The van der Waals surface area contributed by atoms with Gasteiger partial charge in [-0.3, -0.25) is 9.11 Å². The Bertz CT molecular complexity index is 1140. The van der Waals surface area contributed by atoms with Gasteiger partial charge in [0, 0.05) is 0 Å². The van der Waals surface area contributed by atoms with Gasteiger partial charge in [-0.2, -0.15) is 8.42 Å². The van der Waals surface area contributed by atoms with E-state index in [0.717, 1.165) is 5.56 Å². The molecule has 0 atom stereocenters. The Balaban J connectivity index is 0.000000537. The standard InChI is InChI=1S/C18H16N2O4.H2O4S/c1-23-14-8-6-11(10-15(14)24-2)7-9-16-19-13-5-3-4-12(18(21)22)17(13)20-16;1-5(2,3)4/h3-10H,1-2H3,(H,19,20)(H,21,22);(H2,1,2,3,4). The fourth-order valence-electron chi connectivity index (χ4n) is 2.43. The summed E-state index contributed by atoms with van der Waals surface area (Å²) in [5.41, 5.74) is 2.21. The van der Waals surface area contributed by atoms with Gasteiger partial charge >= 0.3 is 16.4 Å². The van der Waals surface area contributed by atoms with Crippen LogP contribution in [0.2, 0.25) is 0 Å². The quantitative estimate of drug-likeness (QED) is 0.453. The predicted molar refractivity (Wildman–Crippen MR) is 106 cm³/mol. The van der Waals surface area contributed by atoms with Crippen LogP contribution >= 0.6 is 0 Å². The molecule has 0 aliphatic rings. The largest absolute Gasteiger partial charge is 0.493 e. The van der Waals surface area contributed by atoms with Crippen LogP contribution in [0.3, 0.4) is 0 Å². The Hall–Kier alpha value is -3.41. The normalized spacial score (nSPS) is 11.2. The molecule has 0 fully saturated rings. The van der Waals surface area contributed by atoms with E-state index in [1.165, 1.54) is 6.07 Å². The van der Waals surface area contributed by atoms with Crippen molar-refractivity contribution in [3.8, 4) is 11.5 Å². The number of benzene rings is 2. The number of carboxylic acid groups (broad SMARTS) is 1. The Kier molecular flexibility index (Phi) is 6.93. The molecule has 29 heavy (non-hydrogen) atoms. The Morgan fingerprint density at radius 1 is 1.07 bits per heavy atom. The summed E-state index contributed by atoms with van der Waals surface area (Å²) in [6.45, 7) is 0. The second-order valence-electron chi connectivity index (χ2n) is 5.52. The molecule has 0 saturated carbocycles. The van der Waals surface area contributed by atoms with E-state index in [1.54, 1.807) is 32.4 Å². The van der Waals surface area contributed by atoms with Gasteiger partial charge in [-0.25, -0.2) is 9.78 Å². The van der Waals surface area contributed by atoms with Gasteiger partial charge in [0.15, 0.2) is 11.5 Å². The van der Waals surface area contributed by atoms with Crippen LogP contribution in [-0.2, 0) is 10.4 Å². The summed E-state index contributed by atoms with van der Waals surface area (Å²) >= 11 is 0. The number of aromatic amines is 1. The van der Waals surface area contributed by atoms with Crippen molar-refractivity contribution in [2.75, 3.05) is 14.2 Å². The lowest BCUT2D eigenvalue weighted by Crippen LogP contribution is -1.96. The van der Waals surface area contributed by atoms with Crippen LogP contribution in [0.25, 0.3) is 23.2 Å². The number of imidazole rings is 1. The average Bonchev–Trinajstić information content (AvgIpc) is 3.07. The molecule has 10 nitrogen and oxygen atoms in total. The van der Waals surface area contributed by atoms with Gasteiger partial charge in [0.1, 0.15) is 11.3 Å². The molecule has 0 unspecified atom stereocenters. The fourth-order valence-corrected chi connectivity index (χ4v) is 2.43. The summed E-state index contributed by atoms with van der Waals surface area (Å²) < 4.78 is 42.1. The summed E-state index contributed by atoms with van der Waals surface area (Å²) in [4.78, 5) is 18.7. The molecule has 0 bridgehead atoms. The number of hydrogen-bond acceptors (Lipinski definition) is 6. The van der Waals surface area contributed by atoms with Crippen molar-refractivity contribution in [2.24, 2.45) is 0 Å². The zero-order valence-corrected chi connectivity index (χ0v) is 16.2.